The third-order valence-corrected chi connectivity index (χ3v) is 8.07. The van der Waals surface area contributed by atoms with Crippen molar-refractivity contribution in [2.75, 3.05) is 31.1 Å². The number of nitrogens with zero attached hydrogens (tertiary/aromatic N) is 4. The second-order valence-electron chi connectivity index (χ2n) is 9.10. The number of carbonyl (C=O) groups excluding carboxylic acids is 1. The lowest BCUT2D eigenvalue weighted by Gasteiger charge is -2.36. The summed E-state index contributed by atoms with van der Waals surface area (Å²) in [6.07, 6.45) is 7.84. The van der Waals surface area contributed by atoms with Gasteiger partial charge in [0.2, 0.25) is 5.91 Å². The zero-order valence-electron chi connectivity index (χ0n) is 17.8. The lowest BCUT2D eigenvalue weighted by atomic mass is 9.97. The van der Waals surface area contributed by atoms with Crippen molar-refractivity contribution in [3.05, 3.63) is 52.2 Å². The first-order valence-electron chi connectivity index (χ1n) is 11.6. The average Bonchev–Trinajstić information content (AvgIpc) is 3.60. The quantitative estimate of drug-likeness (QED) is 0.615. The predicted molar refractivity (Wildman–Crippen MR) is 125 cm³/mol. The maximum Gasteiger partial charge on any atom is 0.227 e. The maximum absolute atomic E-state index is 12.8. The van der Waals surface area contributed by atoms with Gasteiger partial charge in [0.15, 0.2) is 0 Å². The van der Waals surface area contributed by atoms with Crippen LogP contribution >= 0.6 is 11.3 Å². The van der Waals surface area contributed by atoms with Crippen LogP contribution in [0.5, 0.6) is 0 Å². The lowest BCUT2D eigenvalue weighted by molar-refractivity contribution is -0.130. The number of hydrogen-bond acceptors (Lipinski definition) is 5. The first-order valence-corrected chi connectivity index (χ1v) is 12.5. The van der Waals surface area contributed by atoms with Gasteiger partial charge < -0.3 is 9.80 Å². The van der Waals surface area contributed by atoms with Crippen LogP contribution < -0.4 is 4.90 Å². The number of piperazine rings is 1. The minimum absolute atomic E-state index is 0.227. The standard InChI is InChI=1S/C25H28N4OS/c30-21(16-17-6-2-1-3-7-17)28-12-14-29(15-13-28)24-22-19-8-4-5-9-20(19)31-25(22)27-23(26-24)18-10-11-18/h1-3,6-7,18H,4-5,8-16H2. The molecule has 1 saturated carbocycles. The molecular formula is C25H28N4OS. The van der Waals surface area contributed by atoms with E-state index in [0.29, 0.717) is 12.3 Å². The minimum Gasteiger partial charge on any atom is -0.352 e. The topological polar surface area (TPSA) is 49.3 Å². The summed E-state index contributed by atoms with van der Waals surface area (Å²) in [4.78, 5) is 30.1. The van der Waals surface area contributed by atoms with Crippen molar-refractivity contribution in [1.82, 2.24) is 14.9 Å². The second kappa shape index (κ2) is 7.90. The van der Waals surface area contributed by atoms with Gasteiger partial charge in [0.05, 0.1) is 11.8 Å². The van der Waals surface area contributed by atoms with Gasteiger partial charge in [-0.3, -0.25) is 4.79 Å². The Morgan fingerprint density at radius 3 is 2.55 bits per heavy atom. The van der Waals surface area contributed by atoms with Crippen molar-refractivity contribution in [3.8, 4) is 0 Å². The van der Waals surface area contributed by atoms with Gasteiger partial charge >= 0.3 is 0 Å². The number of thiophene rings is 1. The summed E-state index contributed by atoms with van der Waals surface area (Å²) in [7, 11) is 0. The molecule has 160 valence electrons. The molecule has 2 aromatic heterocycles. The highest BCUT2D eigenvalue weighted by Crippen LogP contribution is 2.44. The molecule has 0 radical (unpaired) electrons. The Labute approximate surface area is 187 Å². The number of aromatic nitrogens is 2. The first-order chi connectivity index (χ1) is 15.3. The van der Waals surface area contributed by atoms with Gasteiger partial charge in [-0.15, -0.1) is 11.3 Å². The van der Waals surface area contributed by atoms with Crippen molar-refractivity contribution in [2.45, 2.75) is 50.9 Å². The van der Waals surface area contributed by atoms with E-state index in [1.54, 1.807) is 0 Å². The fraction of sp³-hybridized carbons (Fsp3) is 0.480. The molecular weight excluding hydrogens is 404 g/mol. The molecule has 1 saturated heterocycles. The van der Waals surface area contributed by atoms with E-state index in [-0.39, 0.29) is 5.91 Å². The van der Waals surface area contributed by atoms with E-state index in [1.165, 1.54) is 52.8 Å². The van der Waals surface area contributed by atoms with Gasteiger partial charge in [0, 0.05) is 37.0 Å². The maximum atomic E-state index is 12.8. The van der Waals surface area contributed by atoms with Crippen molar-refractivity contribution in [2.24, 2.45) is 0 Å². The van der Waals surface area contributed by atoms with Crippen LogP contribution in [0.15, 0.2) is 30.3 Å². The highest BCUT2D eigenvalue weighted by Gasteiger charge is 2.32. The number of anilines is 1. The summed E-state index contributed by atoms with van der Waals surface area (Å²) in [5.74, 6) is 2.96. The van der Waals surface area contributed by atoms with Gasteiger partial charge in [-0.2, -0.15) is 0 Å². The highest BCUT2D eigenvalue weighted by molar-refractivity contribution is 7.19. The molecule has 0 atom stereocenters. The van der Waals surface area contributed by atoms with E-state index in [2.05, 4.69) is 4.90 Å². The monoisotopic (exact) mass is 432 g/mol. The van der Waals surface area contributed by atoms with Crippen molar-refractivity contribution >= 4 is 33.3 Å². The predicted octanol–water partition coefficient (Wildman–Crippen LogP) is 4.34. The Hall–Kier alpha value is -2.47. The Kier molecular flexibility index (Phi) is 4.90. The van der Waals surface area contributed by atoms with Crippen LogP contribution in [0.1, 0.15) is 53.4 Å². The zero-order valence-corrected chi connectivity index (χ0v) is 18.7. The van der Waals surface area contributed by atoms with Crippen molar-refractivity contribution < 1.29 is 4.79 Å². The molecule has 1 amide bonds. The Morgan fingerprint density at radius 2 is 1.77 bits per heavy atom. The Balaban J connectivity index is 1.25. The average molecular weight is 433 g/mol. The normalized spacial score (nSPS) is 19.0. The van der Waals surface area contributed by atoms with Gasteiger partial charge in [-0.05, 0) is 49.7 Å². The summed E-state index contributed by atoms with van der Waals surface area (Å²) in [6.45, 7) is 3.23. The summed E-state index contributed by atoms with van der Waals surface area (Å²) in [6, 6.07) is 10.1. The molecule has 3 aliphatic rings. The highest BCUT2D eigenvalue weighted by atomic mass is 32.1. The van der Waals surface area contributed by atoms with Gasteiger partial charge in [0.25, 0.3) is 0 Å². The van der Waals surface area contributed by atoms with Crippen LogP contribution in [0.2, 0.25) is 0 Å². The van der Waals surface area contributed by atoms with E-state index < -0.39 is 0 Å². The molecule has 2 fully saturated rings. The molecule has 6 heteroatoms. The second-order valence-corrected chi connectivity index (χ2v) is 10.2. The summed E-state index contributed by atoms with van der Waals surface area (Å²) in [5, 5.41) is 1.31. The van der Waals surface area contributed by atoms with Crippen LogP contribution in [0.4, 0.5) is 5.82 Å². The Bertz CT molecular complexity index is 1110. The molecule has 3 aromatic rings. The molecule has 5 nitrogen and oxygen atoms in total. The van der Waals surface area contributed by atoms with Crippen molar-refractivity contribution in [1.29, 1.82) is 0 Å². The Morgan fingerprint density at radius 1 is 1.00 bits per heavy atom. The number of benzene rings is 1. The number of rotatable bonds is 4. The lowest BCUT2D eigenvalue weighted by Crippen LogP contribution is -2.49. The number of hydrogen-bond donors (Lipinski definition) is 0. The van der Waals surface area contributed by atoms with Crippen LogP contribution in [0.3, 0.4) is 0 Å². The largest absolute Gasteiger partial charge is 0.352 e. The zero-order chi connectivity index (χ0) is 20.8. The molecule has 1 aliphatic heterocycles. The number of aryl methyl sites for hydroxylation is 2. The minimum atomic E-state index is 0.227. The van der Waals surface area contributed by atoms with E-state index in [4.69, 9.17) is 9.97 Å². The first kappa shape index (κ1) is 19.2. The fourth-order valence-electron chi connectivity index (χ4n) is 4.96. The molecule has 6 rings (SSSR count). The van der Waals surface area contributed by atoms with E-state index in [0.717, 1.165) is 49.8 Å². The fourth-order valence-corrected chi connectivity index (χ4v) is 6.22. The van der Waals surface area contributed by atoms with Crippen LogP contribution in [-0.4, -0.2) is 47.0 Å². The molecule has 31 heavy (non-hydrogen) atoms. The molecule has 3 heterocycles. The van der Waals surface area contributed by atoms with E-state index in [9.17, 15) is 4.79 Å². The van der Waals surface area contributed by atoms with E-state index in [1.807, 2.05) is 46.6 Å². The molecule has 0 bridgehead atoms. The van der Waals surface area contributed by atoms with Crippen LogP contribution in [-0.2, 0) is 24.1 Å². The van der Waals surface area contributed by atoms with Gasteiger partial charge in [-0.25, -0.2) is 9.97 Å². The number of fused-ring (bicyclic) bond motifs is 3. The molecule has 0 spiro atoms. The molecule has 1 aromatic carbocycles. The van der Waals surface area contributed by atoms with Gasteiger partial charge in [-0.1, -0.05) is 30.3 Å². The van der Waals surface area contributed by atoms with Crippen LogP contribution in [0.25, 0.3) is 10.2 Å². The molecule has 2 aliphatic carbocycles. The number of amides is 1. The van der Waals surface area contributed by atoms with E-state index >= 15 is 0 Å². The van der Waals surface area contributed by atoms with Gasteiger partial charge in [0.1, 0.15) is 16.5 Å². The smallest absolute Gasteiger partial charge is 0.227 e. The summed E-state index contributed by atoms with van der Waals surface area (Å²) in [5.41, 5.74) is 2.59. The third kappa shape index (κ3) is 3.71. The van der Waals surface area contributed by atoms with Crippen molar-refractivity contribution in [3.63, 3.8) is 0 Å². The molecule has 0 unspecified atom stereocenters. The third-order valence-electron chi connectivity index (χ3n) is 6.89. The SMILES string of the molecule is O=C(Cc1ccccc1)N1CCN(c2nc(C3CC3)nc3sc4c(c23)CCCC4)CC1. The van der Waals surface area contributed by atoms with Crippen LogP contribution in [0, 0.1) is 0 Å². The summed E-state index contributed by atoms with van der Waals surface area (Å²) >= 11 is 1.90. The summed E-state index contributed by atoms with van der Waals surface area (Å²) < 4.78 is 0. The molecule has 0 N–H and O–H groups in total. The number of carbonyl (C=O) groups is 1.